The molecule has 0 radical (unpaired) electrons. The first-order valence-corrected chi connectivity index (χ1v) is 13.9. The van der Waals surface area contributed by atoms with Gasteiger partial charge in [-0.15, -0.1) is 0 Å². The summed E-state index contributed by atoms with van der Waals surface area (Å²) in [6.45, 7) is 6.59. The fraction of sp³-hybridized carbons (Fsp3) is 0.286. The van der Waals surface area contributed by atoms with E-state index in [4.69, 9.17) is 4.52 Å². The van der Waals surface area contributed by atoms with E-state index in [1.807, 2.05) is 69.3 Å². The summed E-state index contributed by atoms with van der Waals surface area (Å²) in [5.41, 5.74) is 3.59. The molecule has 3 aromatic heterocycles. The van der Waals surface area contributed by atoms with Crippen LogP contribution in [-0.4, -0.2) is 44.4 Å². The fourth-order valence-corrected chi connectivity index (χ4v) is 5.84. The normalized spacial score (nSPS) is 13.0. The highest BCUT2D eigenvalue weighted by Crippen LogP contribution is 2.32. The van der Waals surface area contributed by atoms with Crippen LogP contribution in [-0.2, 0) is 16.6 Å². The Morgan fingerprint density at radius 2 is 1.74 bits per heavy atom. The lowest BCUT2D eigenvalue weighted by atomic mass is 10.0. The molecule has 0 saturated carbocycles. The van der Waals surface area contributed by atoms with Gasteiger partial charge in [0.2, 0.25) is 21.7 Å². The largest absolute Gasteiger partial charge is 0.337 e. The summed E-state index contributed by atoms with van der Waals surface area (Å²) in [5.74, 6) is 1.78. The molecule has 38 heavy (non-hydrogen) atoms. The smallest absolute Gasteiger partial charge is 0.245 e. The van der Waals surface area contributed by atoms with Crippen LogP contribution < -0.4 is 0 Å². The van der Waals surface area contributed by atoms with E-state index in [1.165, 1.54) is 4.31 Å². The third-order valence-corrected chi connectivity index (χ3v) is 8.46. The number of sulfonamides is 1. The van der Waals surface area contributed by atoms with Crippen LogP contribution in [0.4, 0.5) is 0 Å². The first-order chi connectivity index (χ1) is 18.2. The predicted molar refractivity (Wildman–Crippen MR) is 145 cm³/mol. The zero-order chi connectivity index (χ0) is 26.9. The Hall–Kier alpha value is -3.89. The van der Waals surface area contributed by atoms with Crippen LogP contribution in [0.5, 0.6) is 0 Å². The molecule has 3 heterocycles. The van der Waals surface area contributed by atoms with Crippen molar-refractivity contribution in [2.24, 2.45) is 5.92 Å². The van der Waals surface area contributed by atoms with Gasteiger partial charge in [-0.05, 0) is 43.0 Å². The molecule has 0 amide bonds. The molecule has 0 aliphatic rings. The summed E-state index contributed by atoms with van der Waals surface area (Å²) < 4.78 is 36.4. The zero-order valence-corrected chi connectivity index (χ0v) is 22.6. The average Bonchev–Trinajstić information content (AvgIpc) is 3.53. The van der Waals surface area contributed by atoms with E-state index in [2.05, 4.69) is 24.7 Å². The molecule has 2 aromatic carbocycles. The van der Waals surface area contributed by atoms with Gasteiger partial charge < -0.3 is 9.09 Å². The van der Waals surface area contributed by atoms with Gasteiger partial charge in [0.05, 0.1) is 16.6 Å². The molecule has 0 N–H and O–H groups in total. The van der Waals surface area contributed by atoms with Gasteiger partial charge in [-0.25, -0.2) is 13.4 Å². The standard InChI is InChI=1S/C28H30N6O3S/c1-19(2)16-26(28-31-27(32-37-28)22-8-6-5-7-9-22)33(4)38(35,36)23-12-10-21(11-13-23)18-34-20(3)30-24-17-29-15-14-25(24)34/h5-15,17,19,26H,16,18H2,1-4H3. The number of pyridine rings is 1. The van der Waals surface area contributed by atoms with E-state index >= 15 is 0 Å². The molecule has 5 aromatic rings. The van der Waals surface area contributed by atoms with Gasteiger partial charge in [-0.1, -0.05) is 61.5 Å². The number of rotatable bonds is 9. The maximum Gasteiger partial charge on any atom is 0.245 e. The second kappa shape index (κ2) is 10.5. The average molecular weight is 531 g/mol. The molecule has 0 fully saturated rings. The van der Waals surface area contributed by atoms with Crippen molar-refractivity contribution in [2.45, 2.75) is 44.7 Å². The second-order valence-corrected chi connectivity index (χ2v) is 11.7. The lowest BCUT2D eigenvalue weighted by molar-refractivity contribution is 0.247. The van der Waals surface area contributed by atoms with Crippen LogP contribution in [0.15, 0.2) is 82.5 Å². The number of nitrogens with zero attached hydrogens (tertiary/aromatic N) is 6. The van der Waals surface area contributed by atoms with Crippen LogP contribution in [0.1, 0.15) is 43.6 Å². The van der Waals surface area contributed by atoms with Gasteiger partial charge in [0.25, 0.3) is 0 Å². The van der Waals surface area contributed by atoms with Crippen molar-refractivity contribution in [3.63, 3.8) is 0 Å². The highest BCUT2D eigenvalue weighted by Gasteiger charge is 2.33. The van der Waals surface area contributed by atoms with Gasteiger partial charge >= 0.3 is 0 Å². The summed E-state index contributed by atoms with van der Waals surface area (Å²) in [6.07, 6.45) is 4.02. The molecule has 0 aliphatic carbocycles. The molecule has 10 heteroatoms. The van der Waals surface area contributed by atoms with Gasteiger partial charge in [-0.2, -0.15) is 9.29 Å². The van der Waals surface area contributed by atoms with Gasteiger partial charge in [0.15, 0.2) is 0 Å². The number of hydrogen-bond donors (Lipinski definition) is 0. The molecule has 1 atom stereocenters. The first kappa shape index (κ1) is 25.7. The van der Waals surface area contributed by atoms with E-state index < -0.39 is 16.1 Å². The number of hydrogen-bond acceptors (Lipinski definition) is 7. The Morgan fingerprint density at radius 3 is 2.45 bits per heavy atom. The van der Waals surface area contributed by atoms with Crippen LogP contribution >= 0.6 is 0 Å². The zero-order valence-electron chi connectivity index (χ0n) is 21.8. The van der Waals surface area contributed by atoms with Crippen LogP contribution in [0.3, 0.4) is 0 Å². The van der Waals surface area contributed by atoms with Gasteiger partial charge in [0, 0.05) is 25.4 Å². The number of benzene rings is 2. The van der Waals surface area contributed by atoms with Crippen molar-refractivity contribution in [3.05, 3.63) is 90.3 Å². The minimum atomic E-state index is -3.83. The van der Waals surface area contributed by atoms with Crippen LogP contribution in [0.25, 0.3) is 22.4 Å². The first-order valence-electron chi connectivity index (χ1n) is 12.5. The third kappa shape index (κ3) is 5.09. The summed E-state index contributed by atoms with van der Waals surface area (Å²) in [4.78, 5) is 13.5. The monoisotopic (exact) mass is 530 g/mol. The number of imidazole rings is 1. The molecular formula is C28H30N6O3S. The number of aryl methyl sites for hydroxylation is 1. The third-order valence-electron chi connectivity index (χ3n) is 6.57. The van der Waals surface area contributed by atoms with Gasteiger partial charge in [-0.3, -0.25) is 4.98 Å². The van der Waals surface area contributed by atoms with Gasteiger partial charge in [0.1, 0.15) is 17.4 Å². The van der Waals surface area contributed by atoms with Crippen molar-refractivity contribution in [2.75, 3.05) is 7.05 Å². The second-order valence-electron chi connectivity index (χ2n) is 9.74. The SMILES string of the molecule is Cc1nc2cnccc2n1Cc1ccc(S(=O)(=O)N(C)C(CC(C)C)c2nc(-c3ccccc3)no2)cc1. The minimum absolute atomic E-state index is 0.204. The Labute approximate surface area is 222 Å². The number of aromatic nitrogens is 5. The van der Waals surface area contributed by atoms with Crippen LogP contribution in [0, 0.1) is 12.8 Å². The maximum atomic E-state index is 13.7. The molecule has 0 aliphatic heterocycles. The van der Waals surface area contributed by atoms with E-state index in [0.29, 0.717) is 18.8 Å². The predicted octanol–water partition coefficient (Wildman–Crippen LogP) is 5.25. The molecule has 0 saturated heterocycles. The molecule has 196 valence electrons. The molecular weight excluding hydrogens is 500 g/mol. The Balaban J connectivity index is 1.40. The molecule has 5 rings (SSSR count). The Morgan fingerprint density at radius 1 is 1.00 bits per heavy atom. The van der Waals surface area contributed by atoms with Crippen LogP contribution in [0.2, 0.25) is 0 Å². The molecule has 9 nitrogen and oxygen atoms in total. The number of fused-ring (bicyclic) bond motifs is 1. The maximum absolute atomic E-state index is 13.7. The van der Waals surface area contributed by atoms with Crippen molar-refractivity contribution in [3.8, 4) is 11.4 Å². The van der Waals surface area contributed by atoms with Crippen molar-refractivity contribution < 1.29 is 12.9 Å². The summed E-state index contributed by atoms with van der Waals surface area (Å²) in [5, 5.41) is 4.11. The minimum Gasteiger partial charge on any atom is -0.337 e. The van der Waals surface area contributed by atoms with E-state index in [1.54, 1.807) is 31.6 Å². The highest BCUT2D eigenvalue weighted by atomic mass is 32.2. The van der Waals surface area contributed by atoms with E-state index in [9.17, 15) is 8.42 Å². The van der Waals surface area contributed by atoms with Crippen molar-refractivity contribution >= 4 is 21.1 Å². The Bertz CT molecular complexity index is 1640. The van der Waals surface area contributed by atoms with Crippen molar-refractivity contribution in [1.82, 2.24) is 29.0 Å². The molecule has 0 spiro atoms. The van der Waals surface area contributed by atoms with Crippen molar-refractivity contribution in [1.29, 1.82) is 0 Å². The summed E-state index contributed by atoms with van der Waals surface area (Å²) in [6, 6.07) is 17.8. The molecule has 0 bridgehead atoms. The lowest BCUT2D eigenvalue weighted by Crippen LogP contribution is -2.32. The van der Waals surface area contributed by atoms with E-state index in [-0.39, 0.29) is 16.7 Å². The summed E-state index contributed by atoms with van der Waals surface area (Å²) in [7, 11) is -2.26. The fourth-order valence-electron chi connectivity index (χ4n) is 4.51. The molecule has 1 unspecified atom stereocenters. The topological polar surface area (TPSA) is 107 Å². The highest BCUT2D eigenvalue weighted by molar-refractivity contribution is 7.89. The quantitative estimate of drug-likeness (QED) is 0.256. The van der Waals surface area contributed by atoms with E-state index in [0.717, 1.165) is 28.0 Å². The Kier molecular flexibility index (Phi) is 7.09. The summed E-state index contributed by atoms with van der Waals surface area (Å²) >= 11 is 0. The lowest BCUT2D eigenvalue weighted by Gasteiger charge is -2.26.